The van der Waals surface area contributed by atoms with E-state index < -0.39 is 12.8 Å². The Labute approximate surface area is 143 Å². The number of alkyl halides is 3. The number of hydrogen-bond donors (Lipinski definition) is 1. The van der Waals surface area contributed by atoms with E-state index >= 15 is 0 Å². The van der Waals surface area contributed by atoms with Gasteiger partial charge in [-0.15, -0.1) is 0 Å². The summed E-state index contributed by atoms with van der Waals surface area (Å²) in [7, 11) is 1.56. The van der Waals surface area contributed by atoms with Gasteiger partial charge in [0.2, 0.25) is 5.91 Å². The number of carbonyl (C=O) groups excluding carboxylic acids is 1. The normalized spacial score (nSPS) is 11.0. The van der Waals surface area contributed by atoms with Crippen LogP contribution in [0.25, 0.3) is 0 Å². The van der Waals surface area contributed by atoms with E-state index in [2.05, 4.69) is 5.32 Å². The van der Waals surface area contributed by atoms with E-state index in [0.29, 0.717) is 12.2 Å². The smallest absolute Gasteiger partial charge is 0.422 e. The fourth-order valence-electron chi connectivity index (χ4n) is 2.15. The quantitative estimate of drug-likeness (QED) is 0.811. The third-order valence-electron chi connectivity index (χ3n) is 3.33. The van der Waals surface area contributed by atoms with Crippen molar-refractivity contribution in [2.24, 2.45) is 0 Å². The lowest BCUT2D eigenvalue weighted by Gasteiger charge is -2.13. The molecular weight excluding hydrogens is 335 g/mol. The summed E-state index contributed by atoms with van der Waals surface area (Å²) < 4.78 is 46.7. The van der Waals surface area contributed by atoms with Crippen molar-refractivity contribution in [2.75, 3.05) is 19.0 Å². The van der Waals surface area contributed by atoms with Crippen LogP contribution in [0.4, 0.5) is 18.9 Å². The van der Waals surface area contributed by atoms with Crippen molar-refractivity contribution in [2.45, 2.75) is 19.0 Å². The summed E-state index contributed by atoms with van der Waals surface area (Å²) in [4.78, 5) is 12.1. The molecule has 2 aromatic rings. The highest BCUT2D eigenvalue weighted by Crippen LogP contribution is 2.26. The number of ether oxygens (including phenoxy) is 2. The third-order valence-corrected chi connectivity index (χ3v) is 3.33. The summed E-state index contributed by atoms with van der Waals surface area (Å²) in [5, 5.41) is 2.58. The number of benzene rings is 2. The molecule has 0 atom stereocenters. The minimum Gasteiger partial charge on any atom is -0.497 e. The molecule has 25 heavy (non-hydrogen) atoms. The molecule has 0 radical (unpaired) electrons. The molecule has 0 saturated carbocycles. The van der Waals surface area contributed by atoms with Gasteiger partial charge >= 0.3 is 6.18 Å². The lowest BCUT2D eigenvalue weighted by molar-refractivity contribution is -0.153. The molecule has 0 aliphatic carbocycles. The van der Waals surface area contributed by atoms with Crippen molar-refractivity contribution >= 4 is 11.6 Å². The molecule has 0 saturated heterocycles. The number of aryl methyl sites for hydroxylation is 1. The number of methoxy groups -OCH3 is 1. The van der Waals surface area contributed by atoms with Crippen LogP contribution < -0.4 is 14.8 Å². The Hall–Kier alpha value is -2.70. The molecule has 0 fully saturated rings. The zero-order valence-corrected chi connectivity index (χ0v) is 13.6. The number of halogens is 3. The summed E-state index contributed by atoms with van der Waals surface area (Å²) in [6.45, 7) is -1.41. The monoisotopic (exact) mass is 353 g/mol. The molecular formula is C18H18F3NO3. The lowest BCUT2D eigenvalue weighted by atomic mass is 10.1. The van der Waals surface area contributed by atoms with Crippen LogP contribution in [0.5, 0.6) is 11.5 Å². The molecule has 0 aliphatic heterocycles. The van der Waals surface area contributed by atoms with Gasteiger partial charge in [0.1, 0.15) is 11.5 Å². The van der Waals surface area contributed by atoms with Crippen molar-refractivity contribution in [3.05, 3.63) is 54.1 Å². The van der Waals surface area contributed by atoms with E-state index in [-0.39, 0.29) is 23.8 Å². The molecule has 2 aromatic carbocycles. The Kier molecular flexibility index (Phi) is 6.27. The number of hydrogen-bond acceptors (Lipinski definition) is 3. The topological polar surface area (TPSA) is 47.6 Å². The molecule has 4 nitrogen and oxygen atoms in total. The van der Waals surface area contributed by atoms with Crippen LogP contribution in [-0.4, -0.2) is 25.8 Å². The first-order valence-electron chi connectivity index (χ1n) is 7.59. The van der Waals surface area contributed by atoms with Gasteiger partial charge in [0, 0.05) is 6.42 Å². The predicted molar refractivity (Wildman–Crippen MR) is 87.9 cm³/mol. The van der Waals surface area contributed by atoms with Gasteiger partial charge in [0.05, 0.1) is 12.8 Å². The van der Waals surface area contributed by atoms with Crippen molar-refractivity contribution in [1.29, 1.82) is 0 Å². The van der Waals surface area contributed by atoms with Crippen LogP contribution in [0.3, 0.4) is 0 Å². The number of anilines is 1. The zero-order chi connectivity index (χ0) is 18.3. The number of para-hydroxylation sites is 2. The van der Waals surface area contributed by atoms with Crippen molar-refractivity contribution in [1.82, 2.24) is 0 Å². The SMILES string of the molecule is COc1cccc(CCC(=O)Nc2ccccc2OCC(F)(F)F)c1. The summed E-state index contributed by atoms with van der Waals surface area (Å²) in [5.74, 6) is 0.365. The Morgan fingerprint density at radius 1 is 1.12 bits per heavy atom. The van der Waals surface area contributed by atoms with Crippen LogP contribution in [-0.2, 0) is 11.2 Å². The van der Waals surface area contributed by atoms with Crippen LogP contribution in [0.1, 0.15) is 12.0 Å². The number of amides is 1. The summed E-state index contributed by atoms with van der Waals surface area (Å²) in [6, 6.07) is 13.3. The van der Waals surface area contributed by atoms with Gasteiger partial charge in [0.25, 0.3) is 0 Å². The van der Waals surface area contributed by atoms with E-state index in [1.54, 1.807) is 19.2 Å². The second-order valence-corrected chi connectivity index (χ2v) is 5.30. The molecule has 0 aliphatic rings. The highest BCUT2D eigenvalue weighted by molar-refractivity contribution is 5.92. The molecule has 0 unspecified atom stereocenters. The van der Waals surface area contributed by atoms with Gasteiger partial charge in [-0.3, -0.25) is 4.79 Å². The van der Waals surface area contributed by atoms with Crippen LogP contribution in [0.15, 0.2) is 48.5 Å². The minimum absolute atomic E-state index is 0.0189. The van der Waals surface area contributed by atoms with Gasteiger partial charge in [0.15, 0.2) is 6.61 Å². The van der Waals surface area contributed by atoms with E-state index in [9.17, 15) is 18.0 Å². The van der Waals surface area contributed by atoms with Crippen molar-refractivity contribution in [3.63, 3.8) is 0 Å². The molecule has 2 rings (SSSR count). The first-order chi connectivity index (χ1) is 11.9. The molecule has 0 aromatic heterocycles. The molecule has 0 heterocycles. The third kappa shape index (κ3) is 6.37. The summed E-state index contributed by atoms with van der Waals surface area (Å²) in [5.41, 5.74) is 1.14. The number of rotatable bonds is 7. The Bertz CT molecular complexity index is 717. The lowest BCUT2D eigenvalue weighted by Crippen LogP contribution is -2.20. The maximum atomic E-state index is 12.3. The average Bonchev–Trinajstić information content (AvgIpc) is 2.59. The number of nitrogens with one attached hydrogen (secondary N) is 1. The predicted octanol–water partition coefficient (Wildman–Crippen LogP) is 4.21. The highest BCUT2D eigenvalue weighted by atomic mass is 19.4. The molecule has 1 amide bonds. The highest BCUT2D eigenvalue weighted by Gasteiger charge is 2.28. The van der Waals surface area contributed by atoms with Crippen molar-refractivity contribution < 1.29 is 27.4 Å². The summed E-state index contributed by atoms with van der Waals surface area (Å²) >= 11 is 0. The van der Waals surface area contributed by atoms with E-state index in [1.165, 1.54) is 18.2 Å². The van der Waals surface area contributed by atoms with Crippen LogP contribution in [0.2, 0.25) is 0 Å². The van der Waals surface area contributed by atoms with Gasteiger partial charge in [-0.25, -0.2) is 0 Å². The standard InChI is InChI=1S/C18H18F3NO3/c1-24-14-6-4-5-13(11-14)9-10-17(23)22-15-7-2-3-8-16(15)25-12-18(19,20)21/h2-8,11H,9-10,12H2,1H3,(H,22,23). The zero-order valence-electron chi connectivity index (χ0n) is 13.6. The molecule has 0 spiro atoms. The van der Waals surface area contributed by atoms with E-state index in [4.69, 9.17) is 9.47 Å². The van der Waals surface area contributed by atoms with Gasteiger partial charge in [-0.05, 0) is 36.2 Å². The minimum atomic E-state index is -4.44. The van der Waals surface area contributed by atoms with Crippen molar-refractivity contribution in [3.8, 4) is 11.5 Å². The Morgan fingerprint density at radius 3 is 2.60 bits per heavy atom. The maximum absolute atomic E-state index is 12.3. The molecule has 134 valence electrons. The molecule has 1 N–H and O–H groups in total. The van der Waals surface area contributed by atoms with Crippen LogP contribution in [0, 0.1) is 0 Å². The fraction of sp³-hybridized carbons (Fsp3) is 0.278. The maximum Gasteiger partial charge on any atom is 0.422 e. The first-order valence-corrected chi connectivity index (χ1v) is 7.59. The fourth-order valence-corrected chi connectivity index (χ4v) is 2.15. The van der Waals surface area contributed by atoms with Gasteiger partial charge < -0.3 is 14.8 Å². The van der Waals surface area contributed by atoms with Crippen LogP contribution >= 0.6 is 0 Å². The second kappa shape index (κ2) is 8.41. The Morgan fingerprint density at radius 2 is 1.88 bits per heavy atom. The average molecular weight is 353 g/mol. The largest absolute Gasteiger partial charge is 0.497 e. The van der Waals surface area contributed by atoms with E-state index in [0.717, 1.165) is 5.56 Å². The second-order valence-electron chi connectivity index (χ2n) is 5.30. The Balaban J connectivity index is 1.93. The first kappa shape index (κ1) is 18.6. The van der Waals surface area contributed by atoms with Gasteiger partial charge in [-0.2, -0.15) is 13.2 Å². The van der Waals surface area contributed by atoms with Gasteiger partial charge in [-0.1, -0.05) is 24.3 Å². The molecule has 7 heteroatoms. The molecule has 0 bridgehead atoms. The van der Waals surface area contributed by atoms with E-state index in [1.807, 2.05) is 18.2 Å². The summed E-state index contributed by atoms with van der Waals surface area (Å²) in [6.07, 6.45) is -3.78. The number of carbonyl (C=O) groups is 1.